The lowest BCUT2D eigenvalue weighted by Crippen LogP contribution is -2.25. The topological polar surface area (TPSA) is 92.6 Å². The molecular formula is C29H27FN4O4S. The van der Waals surface area contributed by atoms with Crippen molar-refractivity contribution < 1.29 is 23.5 Å². The molecule has 2 aliphatic rings. The number of benzene rings is 3. The molecule has 0 bridgehead atoms. The highest BCUT2D eigenvalue weighted by Gasteiger charge is 2.39. The molecule has 0 spiro atoms. The predicted molar refractivity (Wildman–Crippen MR) is 150 cm³/mol. The number of thioether (sulfide) groups is 1. The van der Waals surface area contributed by atoms with Crippen molar-refractivity contribution in [2.24, 2.45) is 10.1 Å². The van der Waals surface area contributed by atoms with Gasteiger partial charge in [-0.3, -0.25) is 9.59 Å². The lowest BCUT2D eigenvalue weighted by Gasteiger charge is -2.23. The standard InChI is InChI=1S/C29H27FN4O4S/c1-17-8-10-18(11-9-17)24-15-23(20-14-19(37-2)12-13-25(20)38-3)33-34(24)29-32-28(36)26(39-29)16-27(35)31-22-7-5-4-6-21(22)30/h4-14,24,26H,15-16H2,1-3H3,(H,31,35). The van der Waals surface area contributed by atoms with E-state index in [2.05, 4.69) is 10.3 Å². The number of ether oxygens (including phenoxy) is 2. The molecule has 3 aromatic rings. The van der Waals surface area contributed by atoms with Crippen LogP contribution in [0.3, 0.4) is 0 Å². The zero-order chi connectivity index (χ0) is 27.5. The second-order valence-electron chi connectivity index (χ2n) is 9.16. The number of aryl methyl sites for hydroxylation is 1. The van der Waals surface area contributed by atoms with Gasteiger partial charge in [0.1, 0.15) is 22.6 Å². The number of amides is 2. The molecule has 2 heterocycles. The molecule has 2 atom stereocenters. The first kappa shape index (κ1) is 26.4. The first-order valence-electron chi connectivity index (χ1n) is 12.4. The largest absolute Gasteiger partial charge is 0.497 e. The van der Waals surface area contributed by atoms with E-state index in [4.69, 9.17) is 14.6 Å². The number of anilines is 1. The molecule has 200 valence electrons. The van der Waals surface area contributed by atoms with Crippen LogP contribution in [0.2, 0.25) is 0 Å². The number of para-hydroxylation sites is 1. The number of carbonyl (C=O) groups excluding carboxylic acids is 2. The van der Waals surface area contributed by atoms with E-state index in [0.29, 0.717) is 23.1 Å². The highest BCUT2D eigenvalue weighted by atomic mass is 32.2. The number of hydrazone groups is 1. The van der Waals surface area contributed by atoms with Crippen molar-refractivity contribution in [2.75, 3.05) is 19.5 Å². The van der Waals surface area contributed by atoms with Crippen LogP contribution in [0.15, 0.2) is 76.8 Å². The first-order chi connectivity index (χ1) is 18.9. The zero-order valence-electron chi connectivity index (χ0n) is 21.7. The average Bonchev–Trinajstić information content (AvgIpc) is 3.54. The minimum Gasteiger partial charge on any atom is -0.497 e. The molecule has 0 aromatic heterocycles. The SMILES string of the molecule is COc1ccc(OC)c(C2=NN(C3=NC(=O)C(CC(=O)Nc4ccccc4F)S3)C(c3ccc(C)cc3)C2)c1. The lowest BCUT2D eigenvalue weighted by atomic mass is 9.97. The minimum absolute atomic E-state index is 0.0690. The smallest absolute Gasteiger partial charge is 0.262 e. The molecule has 2 unspecified atom stereocenters. The summed E-state index contributed by atoms with van der Waals surface area (Å²) in [6.07, 6.45) is 0.396. The highest BCUT2D eigenvalue weighted by Crippen LogP contribution is 2.40. The average molecular weight is 547 g/mol. The molecule has 1 N–H and O–H groups in total. The van der Waals surface area contributed by atoms with Crippen LogP contribution in [0.1, 0.15) is 35.6 Å². The van der Waals surface area contributed by atoms with Crippen molar-refractivity contribution in [1.82, 2.24) is 5.01 Å². The Morgan fingerprint density at radius 1 is 1.10 bits per heavy atom. The van der Waals surface area contributed by atoms with Crippen LogP contribution in [0.25, 0.3) is 0 Å². The van der Waals surface area contributed by atoms with Gasteiger partial charge in [0.2, 0.25) is 5.91 Å². The molecule has 39 heavy (non-hydrogen) atoms. The Morgan fingerprint density at radius 3 is 2.59 bits per heavy atom. The highest BCUT2D eigenvalue weighted by molar-refractivity contribution is 8.15. The Labute approximate surface area is 229 Å². The number of methoxy groups -OCH3 is 2. The van der Waals surface area contributed by atoms with E-state index in [1.165, 1.54) is 30.0 Å². The molecule has 0 saturated carbocycles. The third-order valence-electron chi connectivity index (χ3n) is 6.53. The fraction of sp³-hybridized carbons (Fsp3) is 0.241. The minimum atomic E-state index is -0.740. The Kier molecular flexibility index (Phi) is 7.65. The van der Waals surface area contributed by atoms with E-state index in [-0.39, 0.29) is 18.2 Å². The number of amidine groups is 1. The van der Waals surface area contributed by atoms with Crippen LogP contribution in [-0.2, 0) is 9.59 Å². The Bertz CT molecular complexity index is 1470. The third kappa shape index (κ3) is 5.65. The molecule has 3 aromatic carbocycles. The number of hydrogen-bond donors (Lipinski definition) is 1. The van der Waals surface area contributed by atoms with Gasteiger partial charge in [-0.05, 0) is 42.8 Å². The summed E-state index contributed by atoms with van der Waals surface area (Å²) < 4.78 is 25.0. The van der Waals surface area contributed by atoms with Crippen LogP contribution in [0.5, 0.6) is 11.5 Å². The molecule has 0 aliphatic carbocycles. The van der Waals surface area contributed by atoms with Crippen molar-refractivity contribution in [2.45, 2.75) is 31.1 Å². The predicted octanol–water partition coefficient (Wildman–Crippen LogP) is 5.33. The molecule has 2 aliphatic heterocycles. The van der Waals surface area contributed by atoms with Crippen molar-refractivity contribution in [3.63, 3.8) is 0 Å². The van der Waals surface area contributed by atoms with Crippen molar-refractivity contribution in [3.8, 4) is 11.5 Å². The summed E-state index contributed by atoms with van der Waals surface area (Å²) in [6, 6.07) is 19.3. The van der Waals surface area contributed by atoms with E-state index >= 15 is 0 Å². The van der Waals surface area contributed by atoms with E-state index in [1.807, 2.05) is 49.4 Å². The number of nitrogens with zero attached hydrogens (tertiary/aromatic N) is 3. The summed E-state index contributed by atoms with van der Waals surface area (Å²) in [6.45, 7) is 2.02. The Balaban J connectivity index is 1.41. The van der Waals surface area contributed by atoms with Gasteiger partial charge in [-0.2, -0.15) is 10.1 Å². The number of rotatable bonds is 7. The first-order valence-corrected chi connectivity index (χ1v) is 13.2. The Hall–Kier alpha value is -4.18. The third-order valence-corrected chi connectivity index (χ3v) is 7.68. The Morgan fingerprint density at radius 2 is 1.87 bits per heavy atom. The van der Waals surface area contributed by atoms with Crippen molar-refractivity contribution in [3.05, 3.63) is 89.2 Å². The fourth-order valence-corrected chi connectivity index (χ4v) is 5.54. The number of halogens is 1. The number of nitrogens with one attached hydrogen (secondary N) is 1. The molecule has 8 nitrogen and oxygen atoms in total. The van der Waals surface area contributed by atoms with Gasteiger partial charge in [0.15, 0.2) is 5.17 Å². The van der Waals surface area contributed by atoms with Gasteiger partial charge in [0.25, 0.3) is 5.91 Å². The maximum atomic E-state index is 14.0. The van der Waals surface area contributed by atoms with Gasteiger partial charge in [-0.15, -0.1) is 0 Å². The summed E-state index contributed by atoms with van der Waals surface area (Å²) in [4.78, 5) is 29.7. The van der Waals surface area contributed by atoms with Gasteiger partial charge in [0.05, 0.1) is 31.7 Å². The van der Waals surface area contributed by atoms with Gasteiger partial charge >= 0.3 is 0 Å². The summed E-state index contributed by atoms with van der Waals surface area (Å²) in [5, 5.41) is 8.84. The fourth-order valence-electron chi connectivity index (χ4n) is 4.47. The van der Waals surface area contributed by atoms with Gasteiger partial charge in [-0.25, -0.2) is 9.40 Å². The van der Waals surface area contributed by atoms with Crippen molar-refractivity contribution in [1.29, 1.82) is 0 Å². The molecule has 10 heteroatoms. The summed E-state index contributed by atoms with van der Waals surface area (Å²) in [5.74, 6) is -0.115. The lowest BCUT2D eigenvalue weighted by molar-refractivity contribution is -0.121. The molecule has 0 saturated heterocycles. The number of aliphatic imine (C=N–C) groups is 1. The van der Waals surface area contributed by atoms with E-state index in [9.17, 15) is 14.0 Å². The summed E-state index contributed by atoms with van der Waals surface area (Å²) in [7, 11) is 3.20. The maximum absolute atomic E-state index is 14.0. The van der Waals surface area contributed by atoms with E-state index < -0.39 is 22.9 Å². The van der Waals surface area contributed by atoms with Gasteiger partial charge < -0.3 is 14.8 Å². The molecule has 0 radical (unpaired) electrons. The number of hydrogen-bond acceptors (Lipinski definition) is 7. The van der Waals surface area contributed by atoms with E-state index in [1.54, 1.807) is 25.3 Å². The monoisotopic (exact) mass is 546 g/mol. The second-order valence-corrected chi connectivity index (χ2v) is 10.3. The zero-order valence-corrected chi connectivity index (χ0v) is 22.5. The molecular weight excluding hydrogens is 519 g/mol. The van der Waals surface area contributed by atoms with Crippen LogP contribution in [0.4, 0.5) is 10.1 Å². The van der Waals surface area contributed by atoms with Crippen LogP contribution in [0, 0.1) is 12.7 Å². The van der Waals surface area contributed by atoms with Crippen LogP contribution >= 0.6 is 11.8 Å². The van der Waals surface area contributed by atoms with Crippen LogP contribution in [-0.4, -0.2) is 47.2 Å². The maximum Gasteiger partial charge on any atom is 0.262 e. The van der Waals surface area contributed by atoms with Gasteiger partial charge in [-0.1, -0.05) is 53.7 Å². The van der Waals surface area contributed by atoms with Gasteiger partial charge in [0, 0.05) is 18.4 Å². The van der Waals surface area contributed by atoms with E-state index in [0.717, 1.165) is 22.4 Å². The number of carbonyl (C=O) groups is 2. The quantitative estimate of drug-likeness (QED) is 0.431. The molecule has 0 fully saturated rings. The molecule has 5 rings (SSSR count). The van der Waals surface area contributed by atoms with Crippen molar-refractivity contribution >= 4 is 40.1 Å². The summed E-state index contributed by atoms with van der Waals surface area (Å²) in [5.41, 5.74) is 3.75. The summed E-state index contributed by atoms with van der Waals surface area (Å²) >= 11 is 1.18. The van der Waals surface area contributed by atoms with Crippen LogP contribution < -0.4 is 14.8 Å². The molecule has 2 amide bonds. The normalized spacial score (nSPS) is 18.6. The second kappa shape index (κ2) is 11.3.